The maximum atomic E-state index is 11.4. The van der Waals surface area contributed by atoms with E-state index in [1.165, 1.54) is 0 Å². The van der Waals surface area contributed by atoms with Crippen molar-refractivity contribution in [2.24, 2.45) is 10.8 Å². The highest BCUT2D eigenvalue weighted by atomic mass is 16.4. The average molecular weight is 377 g/mol. The van der Waals surface area contributed by atoms with Crippen LogP contribution >= 0.6 is 0 Å². The molecular weight excluding hydrogens is 336 g/mol. The molecule has 0 bridgehead atoms. The fraction of sp³-hybridized carbons (Fsp3) is 0.708. The minimum atomic E-state index is -0.847. The van der Waals surface area contributed by atoms with Crippen LogP contribution in [0.3, 0.4) is 0 Å². The van der Waals surface area contributed by atoms with Crippen molar-refractivity contribution in [2.45, 2.75) is 99.3 Å². The Kier molecular flexibility index (Phi) is 6.52. The molecule has 27 heavy (non-hydrogen) atoms. The van der Waals surface area contributed by atoms with Gasteiger partial charge < -0.3 is 10.2 Å². The van der Waals surface area contributed by atoms with Crippen LogP contribution in [-0.4, -0.2) is 16.2 Å². The van der Waals surface area contributed by atoms with Crippen molar-refractivity contribution in [3.05, 3.63) is 28.8 Å². The molecule has 0 heterocycles. The van der Waals surface area contributed by atoms with Gasteiger partial charge in [-0.1, -0.05) is 81.4 Å². The fourth-order valence-electron chi connectivity index (χ4n) is 4.84. The van der Waals surface area contributed by atoms with E-state index in [-0.39, 0.29) is 28.1 Å². The van der Waals surface area contributed by atoms with Gasteiger partial charge in [0.05, 0.1) is 6.42 Å². The molecule has 0 saturated carbocycles. The van der Waals surface area contributed by atoms with Crippen LogP contribution in [0.15, 0.2) is 12.1 Å². The van der Waals surface area contributed by atoms with E-state index in [1.807, 2.05) is 12.1 Å². The molecule has 0 aliphatic carbocycles. The molecule has 0 fully saturated rings. The Balaban J connectivity index is 3.63. The number of aliphatic carboxylic acids is 1. The van der Waals surface area contributed by atoms with E-state index in [0.717, 1.165) is 29.5 Å². The molecule has 0 aromatic heterocycles. The number of carbonyl (C=O) groups is 1. The number of benzene rings is 1. The Bertz CT molecular complexity index is 634. The van der Waals surface area contributed by atoms with Gasteiger partial charge in [0.15, 0.2) is 0 Å². The molecule has 2 N–H and O–H groups in total. The summed E-state index contributed by atoms with van der Waals surface area (Å²) in [4.78, 5) is 11.4. The molecule has 0 radical (unpaired) electrons. The third-order valence-corrected chi connectivity index (χ3v) is 4.93. The summed E-state index contributed by atoms with van der Waals surface area (Å²) in [5.41, 5.74) is 2.14. The lowest BCUT2D eigenvalue weighted by molar-refractivity contribution is -0.136. The summed E-state index contributed by atoms with van der Waals surface area (Å²) in [7, 11) is 0. The number of carboxylic acid groups (broad SMARTS) is 1. The third-order valence-electron chi connectivity index (χ3n) is 4.93. The maximum absolute atomic E-state index is 11.4. The molecule has 0 unspecified atom stereocenters. The number of hydrogen-bond acceptors (Lipinski definition) is 2. The number of rotatable bonds is 6. The molecule has 0 spiro atoms. The van der Waals surface area contributed by atoms with Crippen molar-refractivity contribution in [2.75, 3.05) is 0 Å². The van der Waals surface area contributed by atoms with Gasteiger partial charge in [-0.3, -0.25) is 4.79 Å². The van der Waals surface area contributed by atoms with Crippen molar-refractivity contribution in [1.82, 2.24) is 0 Å². The van der Waals surface area contributed by atoms with Crippen LogP contribution < -0.4 is 0 Å². The Labute approximate surface area is 166 Å². The van der Waals surface area contributed by atoms with E-state index in [2.05, 4.69) is 69.2 Å². The average Bonchev–Trinajstić information content (AvgIpc) is 2.33. The van der Waals surface area contributed by atoms with Gasteiger partial charge in [-0.15, -0.1) is 0 Å². The lowest BCUT2D eigenvalue weighted by Gasteiger charge is -2.37. The largest absolute Gasteiger partial charge is 0.507 e. The van der Waals surface area contributed by atoms with Gasteiger partial charge in [-0.2, -0.15) is 0 Å². The summed E-state index contributed by atoms with van der Waals surface area (Å²) in [5.74, 6) is -0.521. The second-order valence-electron chi connectivity index (χ2n) is 11.9. The van der Waals surface area contributed by atoms with Crippen LogP contribution in [-0.2, 0) is 22.0 Å². The molecule has 0 saturated heterocycles. The van der Waals surface area contributed by atoms with Gasteiger partial charge in [-0.25, -0.2) is 0 Å². The Hall–Kier alpha value is -1.51. The van der Waals surface area contributed by atoms with Crippen molar-refractivity contribution in [1.29, 1.82) is 0 Å². The molecular formula is C24H40O3. The summed E-state index contributed by atoms with van der Waals surface area (Å²) < 4.78 is 0. The van der Waals surface area contributed by atoms with Crippen LogP contribution in [0.2, 0.25) is 0 Å². The van der Waals surface area contributed by atoms with E-state index in [4.69, 9.17) is 0 Å². The molecule has 1 aromatic carbocycles. The van der Waals surface area contributed by atoms with Gasteiger partial charge in [0.2, 0.25) is 0 Å². The van der Waals surface area contributed by atoms with Gasteiger partial charge in [-0.05, 0) is 40.1 Å². The molecule has 154 valence electrons. The lowest BCUT2D eigenvalue weighted by atomic mass is 9.67. The topological polar surface area (TPSA) is 57.5 Å². The first-order valence-corrected chi connectivity index (χ1v) is 9.93. The normalized spacial score (nSPS) is 13.7. The second kappa shape index (κ2) is 7.48. The first-order valence-electron chi connectivity index (χ1n) is 9.93. The Morgan fingerprint density at radius 2 is 1.11 bits per heavy atom. The van der Waals surface area contributed by atoms with Crippen LogP contribution in [0, 0.1) is 10.8 Å². The number of aromatic hydroxyl groups is 1. The van der Waals surface area contributed by atoms with Gasteiger partial charge in [0.1, 0.15) is 5.75 Å². The van der Waals surface area contributed by atoms with Crippen molar-refractivity contribution >= 4 is 5.97 Å². The first kappa shape index (κ1) is 23.5. The van der Waals surface area contributed by atoms with Gasteiger partial charge in [0, 0.05) is 11.1 Å². The lowest BCUT2D eigenvalue weighted by Crippen LogP contribution is -2.28. The first-order chi connectivity index (χ1) is 11.8. The fourth-order valence-corrected chi connectivity index (χ4v) is 4.84. The molecule has 0 atom stereocenters. The number of phenolic OH excluding ortho intramolecular Hbond substituents is 1. The molecule has 1 aromatic rings. The quantitative estimate of drug-likeness (QED) is 0.600. The Morgan fingerprint density at radius 1 is 0.778 bits per heavy atom. The summed E-state index contributed by atoms with van der Waals surface area (Å²) in [6.07, 6.45) is 1.75. The predicted molar refractivity (Wildman–Crippen MR) is 114 cm³/mol. The van der Waals surface area contributed by atoms with Crippen LogP contribution in [0.5, 0.6) is 5.75 Å². The van der Waals surface area contributed by atoms with Crippen LogP contribution in [0.1, 0.15) is 98.8 Å². The SMILES string of the molecule is CC(C)(C)CC(C)(C)c1cc(CC(=O)O)cc(C(C)(C)CC(C)(C)C)c1O. The van der Waals surface area contributed by atoms with Crippen LogP contribution in [0.25, 0.3) is 0 Å². The summed E-state index contributed by atoms with van der Waals surface area (Å²) in [6, 6.07) is 3.79. The molecule has 3 heteroatoms. The minimum absolute atomic E-state index is 0.0303. The maximum Gasteiger partial charge on any atom is 0.307 e. The van der Waals surface area contributed by atoms with E-state index in [1.54, 1.807) is 0 Å². The second-order valence-corrected chi connectivity index (χ2v) is 11.9. The minimum Gasteiger partial charge on any atom is -0.507 e. The highest BCUT2D eigenvalue weighted by Gasteiger charge is 2.35. The Morgan fingerprint density at radius 3 is 1.37 bits per heavy atom. The zero-order chi connectivity index (χ0) is 21.4. The number of hydrogen-bond donors (Lipinski definition) is 2. The van der Waals surface area contributed by atoms with E-state index in [9.17, 15) is 15.0 Å². The van der Waals surface area contributed by atoms with Gasteiger partial charge >= 0.3 is 5.97 Å². The highest BCUT2D eigenvalue weighted by molar-refractivity contribution is 5.71. The summed E-state index contributed by atoms with van der Waals surface area (Å²) >= 11 is 0. The third kappa shape index (κ3) is 6.86. The van der Waals surface area contributed by atoms with E-state index in [0.29, 0.717) is 5.75 Å². The zero-order valence-corrected chi connectivity index (χ0v) is 19.1. The zero-order valence-electron chi connectivity index (χ0n) is 19.1. The molecule has 1 rings (SSSR count). The highest BCUT2D eigenvalue weighted by Crippen LogP contribution is 2.47. The van der Waals surface area contributed by atoms with Crippen molar-refractivity contribution < 1.29 is 15.0 Å². The van der Waals surface area contributed by atoms with E-state index < -0.39 is 5.97 Å². The predicted octanol–water partition coefficient (Wildman–Crippen LogP) is 6.45. The van der Waals surface area contributed by atoms with E-state index >= 15 is 0 Å². The number of phenols is 1. The summed E-state index contributed by atoms with van der Waals surface area (Å²) in [5, 5.41) is 20.6. The smallest absolute Gasteiger partial charge is 0.307 e. The van der Waals surface area contributed by atoms with Crippen molar-refractivity contribution in [3.8, 4) is 5.75 Å². The van der Waals surface area contributed by atoms with Crippen molar-refractivity contribution in [3.63, 3.8) is 0 Å². The summed E-state index contributed by atoms with van der Waals surface area (Å²) in [6.45, 7) is 21.7. The molecule has 0 amide bonds. The molecule has 0 aliphatic heterocycles. The molecule has 3 nitrogen and oxygen atoms in total. The molecule has 0 aliphatic rings. The van der Waals surface area contributed by atoms with Gasteiger partial charge in [0.25, 0.3) is 0 Å². The number of carboxylic acids is 1. The monoisotopic (exact) mass is 376 g/mol. The standard InChI is InChI=1S/C24H40O3/c1-21(2,3)14-23(7,8)17-11-16(13-19(25)26)12-18(20(17)27)24(9,10)15-22(4,5)6/h11-12,27H,13-15H2,1-10H3,(H,25,26). The van der Waals surface area contributed by atoms with Crippen LogP contribution in [0.4, 0.5) is 0 Å².